The fourth-order valence-electron chi connectivity index (χ4n) is 3.09. The topological polar surface area (TPSA) is 83.6 Å². The monoisotopic (exact) mass is 416 g/mol. The molecule has 7 nitrogen and oxygen atoms in total. The number of hydrogen-bond donors (Lipinski definition) is 2. The highest BCUT2D eigenvalue weighted by molar-refractivity contribution is 6.30. The van der Waals surface area contributed by atoms with E-state index >= 15 is 0 Å². The van der Waals surface area contributed by atoms with Gasteiger partial charge in [-0.2, -0.15) is 0 Å². The standard InChI is InChI=1S/C21H25ClN4O3/c1-21(2,3)29-20(28)26-11-10-15(13-26)14-4-7-17(8-5-14)24-19(27)25-18-9-6-16(22)12-23-18/h4-9,12,15H,10-11,13H2,1-3H3,(H2,23,24,25,27). The molecule has 8 heteroatoms. The number of nitrogens with one attached hydrogen (secondary N) is 2. The van der Waals surface area contributed by atoms with Crippen molar-refractivity contribution in [3.8, 4) is 0 Å². The molecule has 154 valence electrons. The Morgan fingerprint density at radius 3 is 2.48 bits per heavy atom. The molecular weight excluding hydrogens is 392 g/mol. The predicted octanol–water partition coefficient (Wildman–Crippen LogP) is 5.10. The summed E-state index contributed by atoms with van der Waals surface area (Å²) in [5.41, 5.74) is 1.30. The zero-order chi connectivity index (χ0) is 21.0. The molecule has 3 amide bonds. The molecule has 2 heterocycles. The summed E-state index contributed by atoms with van der Waals surface area (Å²) in [4.78, 5) is 30.1. The number of nitrogens with zero attached hydrogens (tertiary/aromatic N) is 2. The Morgan fingerprint density at radius 2 is 1.86 bits per heavy atom. The van der Waals surface area contributed by atoms with E-state index in [1.165, 1.54) is 6.20 Å². The molecule has 2 aromatic rings. The molecule has 1 aliphatic rings. The quantitative estimate of drug-likeness (QED) is 0.728. The summed E-state index contributed by atoms with van der Waals surface area (Å²) in [7, 11) is 0. The zero-order valence-electron chi connectivity index (χ0n) is 16.7. The molecule has 0 bridgehead atoms. The number of benzene rings is 1. The van der Waals surface area contributed by atoms with Crippen molar-refractivity contribution in [2.75, 3.05) is 23.7 Å². The van der Waals surface area contributed by atoms with Gasteiger partial charge in [-0.05, 0) is 57.0 Å². The lowest BCUT2D eigenvalue weighted by atomic mass is 9.98. The summed E-state index contributed by atoms with van der Waals surface area (Å²) in [6.07, 6.45) is 2.08. The van der Waals surface area contributed by atoms with Crippen LogP contribution in [0.15, 0.2) is 42.6 Å². The molecule has 0 saturated carbocycles. The molecule has 3 rings (SSSR count). The van der Waals surface area contributed by atoms with Crippen LogP contribution in [0.4, 0.5) is 21.1 Å². The maximum absolute atomic E-state index is 12.2. The van der Waals surface area contributed by atoms with Gasteiger partial charge >= 0.3 is 12.1 Å². The average molecular weight is 417 g/mol. The number of rotatable bonds is 3. The Morgan fingerprint density at radius 1 is 1.14 bits per heavy atom. The van der Waals surface area contributed by atoms with Gasteiger partial charge in [-0.3, -0.25) is 5.32 Å². The maximum atomic E-state index is 12.2. The predicted molar refractivity (Wildman–Crippen MR) is 113 cm³/mol. The van der Waals surface area contributed by atoms with Gasteiger partial charge in [-0.15, -0.1) is 0 Å². The highest BCUT2D eigenvalue weighted by Crippen LogP contribution is 2.29. The number of aromatic nitrogens is 1. The second kappa shape index (κ2) is 8.69. The van der Waals surface area contributed by atoms with Crippen LogP contribution in [0.1, 0.15) is 38.7 Å². The van der Waals surface area contributed by atoms with Crippen molar-refractivity contribution in [1.82, 2.24) is 9.88 Å². The summed E-state index contributed by atoms with van der Waals surface area (Å²) in [5, 5.41) is 5.92. The van der Waals surface area contributed by atoms with Crippen LogP contribution in [-0.4, -0.2) is 40.7 Å². The lowest BCUT2D eigenvalue weighted by Gasteiger charge is -2.24. The van der Waals surface area contributed by atoms with Crippen molar-refractivity contribution < 1.29 is 14.3 Å². The number of ether oxygens (including phenoxy) is 1. The van der Waals surface area contributed by atoms with Crippen molar-refractivity contribution in [3.05, 3.63) is 53.2 Å². The lowest BCUT2D eigenvalue weighted by molar-refractivity contribution is 0.0292. The van der Waals surface area contributed by atoms with Crippen LogP contribution < -0.4 is 10.6 Å². The van der Waals surface area contributed by atoms with Crippen molar-refractivity contribution in [2.24, 2.45) is 0 Å². The summed E-state index contributed by atoms with van der Waals surface area (Å²) >= 11 is 5.78. The summed E-state index contributed by atoms with van der Waals surface area (Å²) < 4.78 is 5.44. The van der Waals surface area contributed by atoms with Gasteiger partial charge in [-0.25, -0.2) is 14.6 Å². The molecule has 1 aromatic heterocycles. The molecule has 1 atom stereocenters. The second-order valence-corrected chi connectivity index (χ2v) is 8.41. The number of hydrogen-bond acceptors (Lipinski definition) is 4. The van der Waals surface area contributed by atoms with E-state index in [-0.39, 0.29) is 18.0 Å². The van der Waals surface area contributed by atoms with Gasteiger partial charge in [0.1, 0.15) is 11.4 Å². The third-order valence-corrected chi connectivity index (χ3v) is 4.67. The first-order valence-corrected chi connectivity index (χ1v) is 9.85. The average Bonchev–Trinajstić information content (AvgIpc) is 3.13. The molecule has 1 aliphatic heterocycles. The molecule has 1 aromatic carbocycles. The summed E-state index contributed by atoms with van der Waals surface area (Å²) in [5.74, 6) is 0.667. The van der Waals surface area contributed by atoms with E-state index in [0.29, 0.717) is 29.6 Å². The first-order chi connectivity index (χ1) is 13.7. The van der Waals surface area contributed by atoms with E-state index in [2.05, 4.69) is 15.6 Å². The Bertz CT molecular complexity index is 863. The number of carbonyl (C=O) groups excluding carboxylic acids is 2. The number of urea groups is 1. The van der Waals surface area contributed by atoms with Crippen LogP contribution >= 0.6 is 11.6 Å². The zero-order valence-corrected chi connectivity index (χ0v) is 17.5. The maximum Gasteiger partial charge on any atom is 0.410 e. The normalized spacial score (nSPS) is 16.4. The van der Waals surface area contributed by atoms with Crippen LogP contribution in [0.2, 0.25) is 5.02 Å². The number of anilines is 2. The number of amides is 3. The molecule has 2 N–H and O–H groups in total. The third kappa shape index (κ3) is 6.09. The van der Waals surface area contributed by atoms with Crippen LogP contribution in [-0.2, 0) is 4.74 Å². The molecule has 1 fully saturated rings. The first kappa shape index (κ1) is 20.9. The first-order valence-electron chi connectivity index (χ1n) is 9.47. The Labute approximate surface area is 175 Å². The fourth-order valence-corrected chi connectivity index (χ4v) is 3.20. The van der Waals surface area contributed by atoms with Gasteiger partial charge in [0.2, 0.25) is 0 Å². The second-order valence-electron chi connectivity index (χ2n) is 7.97. The molecule has 0 aliphatic carbocycles. The minimum absolute atomic E-state index is 0.253. The van der Waals surface area contributed by atoms with Gasteiger partial charge in [0.05, 0.1) is 5.02 Å². The molecule has 29 heavy (non-hydrogen) atoms. The van der Waals surface area contributed by atoms with Crippen molar-refractivity contribution in [1.29, 1.82) is 0 Å². The molecule has 1 unspecified atom stereocenters. The van der Waals surface area contributed by atoms with Crippen molar-refractivity contribution in [2.45, 2.75) is 38.7 Å². The van der Waals surface area contributed by atoms with Crippen LogP contribution in [0.25, 0.3) is 0 Å². The molecule has 0 spiro atoms. The highest BCUT2D eigenvalue weighted by atomic mass is 35.5. The Kier molecular flexibility index (Phi) is 6.27. The van der Waals surface area contributed by atoms with E-state index in [4.69, 9.17) is 16.3 Å². The largest absolute Gasteiger partial charge is 0.444 e. The highest BCUT2D eigenvalue weighted by Gasteiger charge is 2.30. The smallest absolute Gasteiger partial charge is 0.410 e. The minimum atomic E-state index is -0.495. The van der Waals surface area contributed by atoms with Gasteiger partial charge in [-0.1, -0.05) is 23.7 Å². The SMILES string of the molecule is CC(C)(C)OC(=O)N1CCC(c2ccc(NC(=O)Nc3ccc(Cl)cn3)cc2)C1. The van der Waals surface area contributed by atoms with Gasteiger partial charge in [0.25, 0.3) is 0 Å². The van der Waals surface area contributed by atoms with Crippen LogP contribution in [0.3, 0.4) is 0 Å². The van der Waals surface area contributed by atoms with Crippen molar-refractivity contribution >= 4 is 35.2 Å². The Hall–Kier alpha value is -2.80. The molecule has 0 radical (unpaired) electrons. The number of pyridine rings is 1. The third-order valence-electron chi connectivity index (χ3n) is 4.45. The number of halogens is 1. The minimum Gasteiger partial charge on any atom is -0.444 e. The van der Waals surface area contributed by atoms with Gasteiger partial charge in [0, 0.05) is 30.9 Å². The summed E-state index contributed by atoms with van der Waals surface area (Å²) in [6.45, 7) is 6.90. The van der Waals surface area contributed by atoms with E-state index in [1.807, 2.05) is 45.0 Å². The van der Waals surface area contributed by atoms with E-state index in [0.717, 1.165) is 12.0 Å². The van der Waals surface area contributed by atoms with E-state index in [9.17, 15) is 9.59 Å². The fraction of sp³-hybridized carbons (Fsp3) is 0.381. The van der Waals surface area contributed by atoms with Crippen molar-refractivity contribution in [3.63, 3.8) is 0 Å². The van der Waals surface area contributed by atoms with Crippen LogP contribution in [0.5, 0.6) is 0 Å². The van der Waals surface area contributed by atoms with E-state index < -0.39 is 5.60 Å². The summed E-state index contributed by atoms with van der Waals surface area (Å²) in [6, 6.07) is 10.5. The molecule has 1 saturated heterocycles. The van der Waals surface area contributed by atoms with Crippen LogP contribution in [0, 0.1) is 0 Å². The molecular formula is C21H25ClN4O3. The van der Waals surface area contributed by atoms with Gasteiger partial charge in [0.15, 0.2) is 0 Å². The lowest BCUT2D eigenvalue weighted by Crippen LogP contribution is -2.35. The van der Waals surface area contributed by atoms with E-state index in [1.54, 1.807) is 17.0 Å². The number of likely N-dealkylation sites (tertiary alicyclic amines) is 1. The van der Waals surface area contributed by atoms with Gasteiger partial charge < -0.3 is 15.0 Å². The Balaban J connectivity index is 1.53. The number of carbonyl (C=O) groups is 2.